The van der Waals surface area contributed by atoms with Crippen molar-refractivity contribution in [2.75, 3.05) is 39.6 Å². The monoisotopic (exact) mass is 465 g/mol. The zero-order valence-electron chi connectivity index (χ0n) is 20.3. The molecule has 0 aliphatic carbocycles. The lowest BCUT2D eigenvalue weighted by Gasteiger charge is -2.28. The first-order valence-electron chi connectivity index (χ1n) is 11.9. The summed E-state index contributed by atoms with van der Waals surface area (Å²) in [6, 6.07) is 0.887. The number of hydrogen-bond donors (Lipinski definition) is 1. The second kappa shape index (κ2) is 18.4. The molecule has 0 saturated carbocycles. The van der Waals surface area contributed by atoms with Gasteiger partial charge in [0.25, 0.3) is 0 Å². The molecule has 0 saturated heterocycles. The van der Waals surface area contributed by atoms with E-state index in [2.05, 4.69) is 0 Å². The Morgan fingerprint density at radius 3 is 1.30 bits per heavy atom. The van der Waals surface area contributed by atoms with Crippen molar-refractivity contribution < 1.29 is 26.6 Å². The first-order valence-corrected chi connectivity index (χ1v) is 15.6. The van der Waals surface area contributed by atoms with Crippen molar-refractivity contribution in [3.05, 3.63) is 0 Å². The third kappa shape index (κ3) is 11.5. The van der Waals surface area contributed by atoms with E-state index < -0.39 is 17.6 Å². The summed E-state index contributed by atoms with van der Waals surface area (Å²) in [6.45, 7) is 15.2. The van der Waals surface area contributed by atoms with Crippen LogP contribution >= 0.6 is 0 Å². The van der Waals surface area contributed by atoms with Crippen LogP contribution in [0.5, 0.6) is 0 Å². The third-order valence-electron chi connectivity index (χ3n) is 4.63. The Bertz CT molecular complexity index is 394. The average molecular weight is 466 g/mol. The normalized spacial score (nSPS) is 12.5. The van der Waals surface area contributed by atoms with Crippen LogP contribution in [0.25, 0.3) is 0 Å². The molecule has 0 aromatic rings. The molecule has 7 nitrogen and oxygen atoms in total. The molecular weight excluding hydrogens is 418 g/mol. The van der Waals surface area contributed by atoms with Crippen LogP contribution in [-0.2, 0) is 26.6 Å². The molecule has 0 spiro atoms. The van der Waals surface area contributed by atoms with Crippen LogP contribution in [-0.4, -0.2) is 62.6 Å². The summed E-state index contributed by atoms with van der Waals surface area (Å²) in [6.07, 6.45) is 7.30. The van der Waals surface area contributed by atoms with Crippen molar-refractivity contribution in [2.45, 2.75) is 92.5 Å². The van der Waals surface area contributed by atoms with Crippen LogP contribution < -0.4 is 0 Å². The Hall–Kier alpha value is -0.136. The molecule has 30 heavy (non-hydrogen) atoms. The lowest BCUT2D eigenvalue weighted by atomic mass is 10.1. The van der Waals surface area contributed by atoms with Gasteiger partial charge in [0.2, 0.25) is 0 Å². The fourth-order valence-corrected chi connectivity index (χ4v) is 8.54. The molecule has 0 rings (SSSR count). The number of rotatable bonds is 22. The molecule has 0 aromatic carbocycles. The van der Waals surface area contributed by atoms with Crippen molar-refractivity contribution >= 4 is 22.9 Å². The van der Waals surface area contributed by atoms with Crippen LogP contribution in [0.1, 0.15) is 86.5 Å². The summed E-state index contributed by atoms with van der Waals surface area (Å²) in [4.78, 5) is 0. The van der Waals surface area contributed by atoms with Gasteiger partial charge >= 0.3 is 17.6 Å². The minimum absolute atomic E-state index is 0.505. The predicted octanol–water partition coefficient (Wildman–Crippen LogP) is 5.37. The van der Waals surface area contributed by atoms with Crippen LogP contribution in [0.15, 0.2) is 0 Å². The summed E-state index contributed by atoms with van der Waals surface area (Å²) in [7, 11) is -5.47. The Labute approximate surface area is 187 Å². The van der Waals surface area contributed by atoms with Gasteiger partial charge in [-0.3, -0.25) is 0 Å². The Kier molecular flexibility index (Phi) is 18.4. The maximum Gasteiger partial charge on any atom is 0.551 e. The third-order valence-corrected chi connectivity index (χ3v) is 10.8. The quantitative estimate of drug-likeness (QED) is 0.131. The summed E-state index contributed by atoms with van der Waals surface area (Å²) in [5, 5.41) is 9.00. The molecule has 1 N–H and O–H groups in total. The van der Waals surface area contributed by atoms with Gasteiger partial charge in [0.1, 0.15) is 0 Å². The number of hydrogen-bond acceptors (Lipinski definition) is 7. The highest BCUT2D eigenvalue weighted by Gasteiger charge is 2.45. The topological polar surface area (TPSA) is 79.2 Å². The summed E-state index contributed by atoms with van der Waals surface area (Å²) >= 11 is 0. The summed E-state index contributed by atoms with van der Waals surface area (Å²) in [5.41, 5.74) is 0. The Balaban J connectivity index is 4.24. The summed E-state index contributed by atoms with van der Waals surface area (Å²) in [5.74, 6) is 0. The fraction of sp³-hybridized carbons (Fsp3) is 0.952. The fourth-order valence-electron chi connectivity index (χ4n) is 3.46. The molecule has 180 valence electrons. The van der Waals surface area contributed by atoms with E-state index >= 15 is 0 Å². The van der Waals surface area contributed by atoms with Gasteiger partial charge in [0.15, 0.2) is 0 Å². The van der Waals surface area contributed by atoms with Crippen LogP contribution in [0.4, 0.5) is 0 Å². The first-order chi connectivity index (χ1) is 14.5. The largest absolute Gasteiger partial charge is 0.551 e. The van der Waals surface area contributed by atoms with Gasteiger partial charge in [-0.25, -0.2) is 0 Å². The van der Waals surface area contributed by atoms with E-state index in [0.717, 1.165) is 38.1 Å². The zero-order valence-corrected chi connectivity index (χ0v) is 22.3. The van der Waals surface area contributed by atoms with E-state index in [1.807, 2.05) is 41.5 Å². The molecule has 0 fully saturated rings. The average Bonchev–Trinajstić information content (AvgIpc) is 2.71. The Morgan fingerprint density at radius 2 is 0.900 bits per heavy atom. The zero-order chi connectivity index (χ0) is 22.7. The van der Waals surface area contributed by atoms with Crippen LogP contribution in [0, 0.1) is 5.41 Å². The molecule has 0 heterocycles. The molecule has 9 heteroatoms. The van der Waals surface area contributed by atoms with Crippen molar-refractivity contribution in [3.8, 4) is 0 Å². The highest BCUT2D eigenvalue weighted by molar-refractivity contribution is 6.93. The molecule has 0 aliphatic rings. The van der Waals surface area contributed by atoms with Crippen LogP contribution in [0.3, 0.4) is 0 Å². The standard InChI is InChI=1S/C21H47NO6Si2/c1-7-23-29(24-8-2,25-9-3)20-18-16-14-13-15-17-19-21(22)30(26-10-4,27-11-5)28-12-6/h22H,7-20H2,1-6H3. The van der Waals surface area contributed by atoms with Gasteiger partial charge in [-0.05, 0) is 60.8 Å². The van der Waals surface area contributed by atoms with E-state index in [4.69, 9.17) is 32.0 Å². The molecule has 0 radical (unpaired) electrons. The maximum absolute atomic E-state index is 8.49. The number of nitrogens with one attached hydrogen (secondary N) is 1. The number of unbranched alkanes of at least 4 members (excludes halogenated alkanes) is 5. The highest BCUT2D eigenvalue weighted by atomic mass is 28.4. The molecule has 0 atom stereocenters. The first kappa shape index (κ1) is 29.9. The smallest absolute Gasteiger partial charge is 0.374 e. The second-order valence-electron chi connectivity index (χ2n) is 6.94. The van der Waals surface area contributed by atoms with Gasteiger partial charge < -0.3 is 32.0 Å². The molecule has 0 aromatic heterocycles. The maximum atomic E-state index is 8.49. The molecule has 0 amide bonds. The summed E-state index contributed by atoms with van der Waals surface area (Å²) < 4.78 is 35.2. The van der Waals surface area contributed by atoms with Crippen LogP contribution in [0.2, 0.25) is 6.04 Å². The van der Waals surface area contributed by atoms with E-state index in [0.29, 0.717) is 51.4 Å². The second-order valence-corrected chi connectivity index (χ2v) is 12.3. The highest BCUT2D eigenvalue weighted by Crippen LogP contribution is 2.21. The lowest BCUT2D eigenvalue weighted by Crippen LogP contribution is -2.53. The minimum Gasteiger partial charge on any atom is -0.374 e. The Morgan fingerprint density at radius 1 is 0.533 bits per heavy atom. The minimum atomic E-state index is -2.98. The van der Waals surface area contributed by atoms with E-state index in [1.165, 1.54) is 6.42 Å². The molecule has 0 aliphatic heterocycles. The van der Waals surface area contributed by atoms with E-state index in [9.17, 15) is 0 Å². The SMILES string of the molecule is CCO[Si](CCCCCCCCC(=N)[Si](OCC)(OCC)OCC)(OCC)OCC. The predicted molar refractivity (Wildman–Crippen MR) is 126 cm³/mol. The van der Waals surface area contributed by atoms with Crippen molar-refractivity contribution in [1.29, 1.82) is 5.41 Å². The molecule has 0 unspecified atom stereocenters. The van der Waals surface area contributed by atoms with Gasteiger partial charge in [-0.15, -0.1) is 0 Å². The van der Waals surface area contributed by atoms with E-state index in [1.54, 1.807) is 0 Å². The van der Waals surface area contributed by atoms with Gasteiger partial charge in [-0.2, -0.15) is 0 Å². The van der Waals surface area contributed by atoms with E-state index in [-0.39, 0.29) is 0 Å². The van der Waals surface area contributed by atoms with Gasteiger partial charge in [-0.1, -0.05) is 25.7 Å². The van der Waals surface area contributed by atoms with Crippen molar-refractivity contribution in [1.82, 2.24) is 0 Å². The molecule has 0 bridgehead atoms. The van der Waals surface area contributed by atoms with Crippen molar-refractivity contribution in [3.63, 3.8) is 0 Å². The lowest BCUT2D eigenvalue weighted by molar-refractivity contribution is 0.0706. The van der Waals surface area contributed by atoms with Crippen molar-refractivity contribution in [2.24, 2.45) is 0 Å². The molecular formula is C21H47NO6Si2. The van der Waals surface area contributed by atoms with Gasteiger partial charge in [0, 0.05) is 45.7 Å². The van der Waals surface area contributed by atoms with Gasteiger partial charge in [0.05, 0.1) is 5.33 Å².